The standard InChI is InChI=1S/C10H13NO3/c1-2-10(11,9(13)14)7-4-3-5-8(12)6-7/h3-6,12H,2,11H2,1H3,(H,13,14). The van der Waals surface area contributed by atoms with E-state index < -0.39 is 11.5 Å². The van der Waals surface area contributed by atoms with E-state index in [2.05, 4.69) is 0 Å². The van der Waals surface area contributed by atoms with Crippen molar-refractivity contribution in [2.45, 2.75) is 18.9 Å². The van der Waals surface area contributed by atoms with Crippen LogP contribution in [-0.2, 0) is 10.3 Å². The Morgan fingerprint density at radius 3 is 2.64 bits per heavy atom. The van der Waals surface area contributed by atoms with Gasteiger partial charge in [0.1, 0.15) is 11.3 Å². The second-order valence-electron chi connectivity index (χ2n) is 3.18. The van der Waals surface area contributed by atoms with E-state index in [1.165, 1.54) is 12.1 Å². The summed E-state index contributed by atoms with van der Waals surface area (Å²) in [5.74, 6) is -1.07. The van der Waals surface area contributed by atoms with Crippen LogP contribution in [0.25, 0.3) is 0 Å². The highest BCUT2D eigenvalue weighted by Gasteiger charge is 2.34. The molecule has 0 amide bonds. The number of hydrogen-bond acceptors (Lipinski definition) is 3. The van der Waals surface area contributed by atoms with E-state index in [1.807, 2.05) is 0 Å². The van der Waals surface area contributed by atoms with Gasteiger partial charge >= 0.3 is 5.97 Å². The maximum absolute atomic E-state index is 11.0. The molecule has 0 spiro atoms. The summed E-state index contributed by atoms with van der Waals surface area (Å²) in [6, 6.07) is 6.02. The number of nitrogens with two attached hydrogens (primary N) is 1. The van der Waals surface area contributed by atoms with Crippen LogP contribution in [0.15, 0.2) is 24.3 Å². The van der Waals surface area contributed by atoms with Gasteiger partial charge in [-0.1, -0.05) is 19.1 Å². The van der Waals surface area contributed by atoms with Crippen LogP contribution in [0.1, 0.15) is 18.9 Å². The van der Waals surface area contributed by atoms with Crippen molar-refractivity contribution in [2.75, 3.05) is 0 Å². The van der Waals surface area contributed by atoms with Crippen molar-refractivity contribution < 1.29 is 15.0 Å². The molecular formula is C10H13NO3. The molecule has 0 radical (unpaired) electrons. The number of carbonyl (C=O) groups is 1. The third-order valence-corrected chi connectivity index (χ3v) is 2.30. The molecule has 0 saturated heterocycles. The first-order chi connectivity index (χ1) is 6.50. The summed E-state index contributed by atoms with van der Waals surface area (Å²) in [6.45, 7) is 1.69. The summed E-state index contributed by atoms with van der Waals surface area (Å²) >= 11 is 0. The third kappa shape index (κ3) is 1.70. The molecule has 1 rings (SSSR count). The smallest absolute Gasteiger partial charge is 0.328 e. The van der Waals surface area contributed by atoms with Crippen LogP contribution < -0.4 is 5.73 Å². The second kappa shape index (κ2) is 3.67. The van der Waals surface area contributed by atoms with Crippen molar-refractivity contribution in [2.24, 2.45) is 5.73 Å². The normalized spacial score (nSPS) is 14.7. The van der Waals surface area contributed by atoms with Crippen molar-refractivity contribution in [1.29, 1.82) is 0 Å². The van der Waals surface area contributed by atoms with Crippen LogP contribution in [0.4, 0.5) is 0 Å². The Morgan fingerprint density at radius 2 is 2.21 bits per heavy atom. The zero-order chi connectivity index (χ0) is 10.8. The summed E-state index contributed by atoms with van der Waals surface area (Å²) in [4.78, 5) is 11.0. The minimum atomic E-state index is -1.42. The van der Waals surface area contributed by atoms with Gasteiger partial charge in [0.05, 0.1) is 0 Å². The van der Waals surface area contributed by atoms with Crippen LogP contribution in [0.3, 0.4) is 0 Å². The molecule has 0 aromatic heterocycles. The molecule has 0 fully saturated rings. The molecule has 0 aliphatic carbocycles. The van der Waals surface area contributed by atoms with E-state index in [0.29, 0.717) is 5.56 Å². The number of carboxylic acids is 1. The highest BCUT2D eigenvalue weighted by Crippen LogP contribution is 2.25. The van der Waals surface area contributed by atoms with Gasteiger partial charge in [-0.05, 0) is 24.1 Å². The Morgan fingerprint density at radius 1 is 1.57 bits per heavy atom. The van der Waals surface area contributed by atoms with Crippen molar-refractivity contribution in [3.63, 3.8) is 0 Å². The Bertz CT molecular complexity index is 351. The summed E-state index contributed by atoms with van der Waals surface area (Å²) in [7, 11) is 0. The minimum Gasteiger partial charge on any atom is -0.508 e. The van der Waals surface area contributed by atoms with E-state index in [0.717, 1.165) is 0 Å². The van der Waals surface area contributed by atoms with E-state index in [-0.39, 0.29) is 12.2 Å². The first kappa shape index (κ1) is 10.5. The van der Waals surface area contributed by atoms with Gasteiger partial charge in [-0.3, -0.25) is 0 Å². The quantitative estimate of drug-likeness (QED) is 0.672. The van der Waals surface area contributed by atoms with Gasteiger partial charge < -0.3 is 15.9 Å². The van der Waals surface area contributed by atoms with Crippen LogP contribution in [0.5, 0.6) is 5.75 Å². The molecule has 0 heterocycles. The SMILES string of the molecule is CCC(N)(C(=O)O)c1cccc(O)c1. The Balaban J connectivity index is 3.19. The minimum absolute atomic E-state index is 0.0204. The van der Waals surface area contributed by atoms with Gasteiger partial charge in [0.15, 0.2) is 0 Å². The Hall–Kier alpha value is -1.55. The van der Waals surface area contributed by atoms with E-state index in [4.69, 9.17) is 10.8 Å². The first-order valence-corrected chi connectivity index (χ1v) is 4.32. The fourth-order valence-corrected chi connectivity index (χ4v) is 1.26. The Labute approximate surface area is 82.0 Å². The highest BCUT2D eigenvalue weighted by atomic mass is 16.4. The highest BCUT2D eigenvalue weighted by molar-refractivity contribution is 5.80. The molecule has 4 heteroatoms. The average molecular weight is 195 g/mol. The summed E-state index contributed by atoms with van der Waals surface area (Å²) in [6.07, 6.45) is 0.270. The monoisotopic (exact) mass is 195 g/mol. The summed E-state index contributed by atoms with van der Waals surface area (Å²) < 4.78 is 0. The molecule has 1 atom stereocenters. The maximum Gasteiger partial charge on any atom is 0.328 e. The maximum atomic E-state index is 11.0. The van der Waals surface area contributed by atoms with Gasteiger partial charge in [0.25, 0.3) is 0 Å². The molecule has 1 aromatic carbocycles. The lowest BCUT2D eigenvalue weighted by Crippen LogP contribution is -2.44. The molecular weight excluding hydrogens is 182 g/mol. The van der Waals surface area contributed by atoms with Crippen LogP contribution in [0, 0.1) is 0 Å². The lowest BCUT2D eigenvalue weighted by Gasteiger charge is -2.23. The molecule has 1 unspecified atom stereocenters. The number of aliphatic carboxylic acids is 1. The molecule has 14 heavy (non-hydrogen) atoms. The number of rotatable bonds is 3. The number of hydrogen-bond donors (Lipinski definition) is 3. The van der Waals surface area contributed by atoms with Gasteiger partial charge in [0, 0.05) is 0 Å². The molecule has 0 saturated carbocycles. The largest absolute Gasteiger partial charge is 0.508 e. The van der Waals surface area contributed by atoms with Gasteiger partial charge in [-0.15, -0.1) is 0 Å². The lowest BCUT2D eigenvalue weighted by molar-refractivity contribution is -0.143. The van der Waals surface area contributed by atoms with Gasteiger partial charge in [-0.25, -0.2) is 4.79 Å². The number of phenols is 1. The van der Waals surface area contributed by atoms with Gasteiger partial charge in [0.2, 0.25) is 0 Å². The number of carboxylic acid groups (broad SMARTS) is 1. The lowest BCUT2D eigenvalue weighted by atomic mass is 9.88. The topological polar surface area (TPSA) is 83.6 Å². The van der Waals surface area contributed by atoms with Crippen molar-refractivity contribution in [3.8, 4) is 5.75 Å². The third-order valence-electron chi connectivity index (χ3n) is 2.30. The van der Waals surface area contributed by atoms with Crippen LogP contribution in [-0.4, -0.2) is 16.2 Å². The fourth-order valence-electron chi connectivity index (χ4n) is 1.26. The van der Waals surface area contributed by atoms with E-state index >= 15 is 0 Å². The molecule has 1 aromatic rings. The summed E-state index contributed by atoms with van der Waals surface area (Å²) in [5, 5.41) is 18.2. The number of phenolic OH excluding ortho intramolecular Hbond substituents is 1. The van der Waals surface area contributed by atoms with Crippen molar-refractivity contribution >= 4 is 5.97 Å². The number of benzene rings is 1. The molecule has 4 N–H and O–H groups in total. The summed E-state index contributed by atoms with van der Waals surface area (Å²) in [5.41, 5.74) is 4.71. The molecule has 0 bridgehead atoms. The van der Waals surface area contributed by atoms with Gasteiger partial charge in [-0.2, -0.15) is 0 Å². The Kier molecular flexibility index (Phi) is 2.76. The predicted molar refractivity (Wildman–Crippen MR) is 51.9 cm³/mol. The first-order valence-electron chi connectivity index (χ1n) is 4.32. The number of aromatic hydroxyl groups is 1. The molecule has 76 valence electrons. The van der Waals surface area contributed by atoms with E-state index in [9.17, 15) is 9.90 Å². The predicted octanol–water partition coefficient (Wildman–Crippen LogP) is 1.04. The van der Waals surface area contributed by atoms with E-state index in [1.54, 1.807) is 19.1 Å². The second-order valence-corrected chi connectivity index (χ2v) is 3.18. The van der Waals surface area contributed by atoms with Crippen LogP contribution in [0.2, 0.25) is 0 Å². The molecule has 0 aliphatic rings. The molecule has 4 nitrogen and oxygen atoms in total. The van der Waals surface area contributed by atoms with Crippen molar-refractivity contribution in [3.05, 3.63) is 29.8 Å². The average Bonchev–Trinajstić information content (AvgIpc) is 2.16. The van der Waals surface area contributed by atoms with Crippen LogP contribution >= 0.6 is 0 Å². The molecule has 0 aliphatic heterocycles. The fraction of sp³-hybridized carbons (Fsp3) is 0.300. The zero-order valence-corrected chi connectivity index (χ0v) is 7.90. The van der Waals surface area contributed by atoms with Crippen molar-refractivity contribution in [1.82, 2.24) is 0 Å². The zero-order valence-electron chi connectivity index (χ0n) is 7.90.